The summed E-state index contributed by atoms with van der Waals surface area (Å²) in [7, 11) is 0. The number of fused-ring (bicyclic) bond motifs is 2. The molecule has 0 aliphatic heterocycles. The fraction of sp³-hybridized carbons (Fsp3) is 0.273. The van der Waals surface area contributed by atoms with Crippen molar-refractivity contribution in [3.05, 3.63) is 70.8 Å². The van der Waals surface area contributed by atoms with Gasteiger partial charge in [0.25, 0.3) is 0 Å². The quantitative estimate of drug-likeness (QED) is 0.568. The summed E-state index contributed by atoms with van der Waals surface area (Å²) >= 11 is 0. The standard InChI is InChI=1S/C22H24N4O/c1-4-19-15(3)18-10-16(7-8-20(18)25-19)12-23-21(27)11-17-13-24-22-14(2)6-5-9-26(17)22/h5-10,13,25H,4,11-12H2,1-3H3,(H,23,27). The number of pyridine rings is 1. The van der Waals surface area contributed by atoms with E-state index in [9.17, 15) is 4.79 Å². The minimum atomic E-state index is -0.00144. The Morgan fingerprint density at radius 3 is 2.93 bits per heavy atom. The van der Waals surface area contributed by atoms with Crippen LogP contribution in [-0.4, -0.2) is 20.3 Å². The van der Waals surface area contributed by atoms with Gasteiger partial charge in [0.05, 0.1) is 12.1 Å². The fourth-order valence-corrected chi connectivity index (χ4v) is 3.65. The summed E-state index contributed by atoms with van der Waals surface area (Å²) in [4.78, 5) is 20.3. The monoisotopic (exact) mass is 360 g/mol. The lowest BCUT2D eigenvalue weighted by Gasteiger charge is -2.07. The normalized spacial score (nSPS) is 11.4. The molecule has 0 aliphatic rings. The first-order valence-electron chi connectivity index (χ1n) is 9.35. The molecule has 0 spiro atoms. The van der Waals surface area contributed by atoms with E-state index >= 15 is 0 Å². The third kappa shape index (κ3) is 3.21. The Morgan fingerprint density at radius 2 is 2.11 bits per heavy atom. The van der Waals surface area contributed by atoms with Crippen molar-refractivity contribution in [1.29, 1.82) is 0 Å². The van der Waals surface area contributed by atoms with Crippen LogP contribution >= 0.6 is 0 Å². The fourth-order valence-electron chi connectivity index (χ4n) is 3.65. The molecule has 2 N–H and O–H groups in total. The third-order valence-electron chi connectivity index (χ3n) is 5.22. The Kier molecular flexibility index (Phi) is 4.44. The molecular formula is C22H24N4O. The van der Waals surface area contributed by atoms with Crippen LogP contribution in [0.1, 0.15) is 35.0 Å². The molecule has 0 fully saturated rings. The van der Waals surface area contributed by atoms with Gasteiger partial charge in [-0.25, -0.2) is 4.98 Å². The van der Waals surface area contributed by atoms with Crippen molar-refractivity contribution in [2.24, 2.45) is 0 Å². The first-order valence-corrected chi connectivity index (χ1v) is 9.35. The number of benzene rings is 1. The SMILES string of the molecule is CCc1[nH]c2ccc(CNC(=O)Cc3cnc4c(C)cccn34)cc2c1C. The lowest BCUT2D eigenvalue weighted by atomic mass is 10.1. The number of imidazole rings is 1. The van der Waals surface area contributed by atoms with Gasteiger partial charge in [-0.3, -0.25) is 4.79 Å². The van der Waals surface area contributed by atoms with E-state index in [1.54, 1.807) is 6.20 Å². The van der Waals surface area contributed by atoms with Crippen LogP contribution in [0, 0.1) is 13.8 Å². The summed E-state index contributed by atoms with van der Waals surface area (Å²) in [6.07, 6.45) is 5.04. The van der Waals surface area contributed by atoms with Gasteiger partial charge < -0.3 is 14.7 Å². The number of nitrogens with zero attached hydrogens (tertiary/aromatic N) is 2. The molecule has 0 bridgehead atoms. The number of H-pyrrole nitrogens is 1. The van der Waals surface area contributed by atoms with Gasteiger partial charge in [0.2, 0.25) is 5.91 Å². The number of aromatic nitrogens is 3. The largest absolute Gasteiger partial charge is 0.358 e. The highest BCUT2D eigenvalue weighted by atomic mass is 16.1. The first kappa shape index (κ1) is 17.3. The van der Waals surface area contributed by atoms with E-state index in [1.807, 2.05) is 29.7 Å². The van der Waals surface area contributed by atoms with E-state index in [0.717, 1.165) is 34.4 Å². The van der Waals surface area contributed by atoms with Crippen molar-refractivity contribution in [2.45, 2.75) is 40.2 Å². The molecule has 4 rings (SSSR count). The predicted octanol–water partition coefficient (Wildman–Crippen LogP) is 3.85. The van der Waals surface area contributed by atoms with E-state index in [0.29, 0.717) is 13.0 Å². The second kappa shape index (κ2) is 6.91. The van der Waals surface area contributed by atoms with Crippen LogP contribution in [0.4, 0.5) is 0 Å². The summed E-state index contributed by atoms with van der Waals surface area (Å²) in [5.41, 5.74) is 7.73. The summed E-state index contributed by atoms with van der Waals surface area (Å²) in [6, 6.07) is 10.3. The van der Waals surface area contributed by atoms with Gasteiger partial charge in [-0.05, 0) is 55.2 Å². The number of nitrogens with one attached hydrogen (secondary N) is 2. The summed E-state index contributed by atoms with van der Waals surface area (Å²) in [6.45, 7) is 6.85. The van der Waals surface area contributed by atoms with E-state index in [4.69, 9.17) is 0 Å². The molecule has 0 radical (unpaired) electrons. The van der Waals surface area contributed by atoms with E-state index in [1.165, 1.54) is 16.6 Å². The zero-order valence-corrected chi connectivity index (χ0v) is 16.0. The first-order chi connectivity index (χ1) is 13.1. The van der Waals surface area contributed by atoms with Gasteiger partial charge >= 0.3 is 0 Å². The van der Waals surface area contributed by atoms with Gasteiger partial charge in [-0.15, -0.1) is 0 Å². The van der Waals surface area contributed by atoms with Crippen LogP contribution in [-0.2, 0) is 24.2 Å². The van der Waals surface area contributed by atoms with Gasteiger partial charge in [0, 0.05) is 35.5 Å². The van der Waals surface area contributed by atoms with Gasteiger partial charge in [0.1, 0.15) is 5.65 Å². The van der Waals surface area contributed by atoms with Gasteiger partial charge in [0.15, 0.2) is 0 Å². The van der Waals surface area contributed by atoms with Crippen LogP contribution in [0.3, 0.4) is 0 Å². The van der Waals surface area contributed by atoms with Crippen molar-refractivity contribution in [3.63, 3.8) is 0 Å². The Hall–Kier alpha value is -3.08. The molecule has 1 amide bonds. The maximum atomic E-state index is 12.4. The maximum Gasteiger partial charge on any atom is 0.226 e. The van der Waals surface area contributed by atoms with Crippen molar-refractivity contribution in [3.8, 4) is 0 Å². The average Bonchev–Trinajstić information content (AvgIpc) is 3.22. The van der Waals surface area contributed by atoms with Crippen molar-refractivity contribution in [2.75, 3.05) is 0 Å². The Labute approximate surface area is 158 Å². The molecular weight excluding hydrogens is 336 g/mol. The van der Waals surface area contributed by atoms with E-state index in [2.05, 4.69) is 47.3 Å². The number of aryl methyl sites for hydroxylation is 3. The molecule has 4 aromatic rings. The number of amides is 1. The highest BCUT2D eigenvalue weighted by Gasteiger charge is 2.11. The van der Waals surface area contributed by atoms with Crippen LogP contribution < -0.4 is 5.32 Å². The molecule has 0 unspecified atom stereocenters. The van der Waals surface area contributed by atoms with Crippen molar-refractivity contribution in [1.82, 2.24) is 19.7 Å². The molecule has 1 aromatic carbocycles. The second-order valence-corrected chi connectivity index (χ2v) is 7.05. The minimum absolute atomic E-state index is 0.00144. The molecule has 138 valence electrons. The topological polar surface area (TPSA) is 62.2 Å². The molecule has 27 heavy (non-hydrogen) atoms. The van der Waals surface area contributed by atoms with E-state index in [-0.39, 0.29) is 5.91 Å². The number of carbonyl (C=O) groups excluding carboxylic acids is 1. The number of rotatable bonds is 5. The van der Waals surface area contributed by atoms with Crippen LogP contribution in [0.25, 0.3) is 16.6 Å². The van der Waals surface area contributed by atoms with Gasteiger partial charge in [-0.2, -0.15) is 0 Å². The molecule has 0 saturated heterocycles. The zero-order valence-electron chi connectivity index (χ0n) is 16.0. The number of hydrogen-bond acceptors (Lipinski definition) is 2. The van der Waals surface area contributed by atoms with Crippen LogP contribution in [0.5, 0.6) is 0 Å². The lowest BCUT2D eigenvalue weighted by molar-refractivity contribution is -0.120. The van der Waals surface area contributed by atoms with Crippen LogP contribution in [0.2, 0.25) is 0 Å². The Balaban J connectivity index is 1.46. The zero-order chi connectivity index (χ0) is 19.0. The molecule has 0 saturated carbocycles. The lowest BCUT2D eigenvalue weighted by Crippen LogP contribution is -2.25. The smallest absolute Gasteiger partial charge is 0.226 e. The molecule has 3 aromatic heterocycles. The molecule has 0 atom stereocenters. The molecule has 5 nitrogen and oxygen atoms in total. The van der Waals surface area contributed by atoms with Crippen molar-refractivity contribution >= 4 is 22.5 Å². The second-order valence-electron chi connectivity index (χ2n) is 7.05. The summed E-state index contributed by atoms with van der Waals surface area (Å²) in [5, 5.41) is 4.26. The average molecular weight is 360 g/mol. The maximum absolute atomic E-state index is 12.4. The molecule has 5 heteroatoms. The summed E-state index contributed by atoms with van der Waals surface area (Å²) < 4.78 is 1.98. The highest BCUT2D eigenvalue weighted by molar-refractivity contribution is 5.85. The van der Waals surface area contributed by atoms with Crippen molar-refractivity contribution < 1.29 is 4.79 Å². The number of carbonyl (C=O) groups is 1. The number of hydrogen-bond donors (Lipinski definition) is 2. The van der Waals surface area contributed by atoms with Gasteiger partial charge in [-0.1, -0.05) is 19.1 Å². The third-order valence-corrected chi connectivity index (χ3v) is 5.22. The molecule has 0 aliphatic carbocycles. The van der Waals surface area contributed by atoms with E-state index < -0.39 is 0 Å². The Bertz CT molecular complexity index is 1140. The number of aromatic amines is 1. The predicted molar refractivity (Wildman–Crippen MR) is 108 cm³/mol. The molecule has 3 heterocycles. The van der Waals surface area contributed by atoms with Crippen LogP contribution in [0.15, 0.2) is 42.7 Å². The minimum Gasteiger partial charge on any atom is -0.358 e. The highest BCUT2D eigenvalue weighted by Crippen LogP contribution is 2.23. The summed E-state index contributed by atoms with van der Waals surface area (Å²) in [5.74, 6) is -0.00144. The Morgan fingerprint density at radius 1 is 1.26 bits per heavy atom.